The van der Waals surface area contributed by atoms with Gasteiger partial charge < -0.3 is 14.7 Å². The number of carboxylic acid groups (broad SMARTS) is 1. The van der Waals surface area contributed by atoms with Gasteiger partial charge in [-0.3, -0.25) is 9.59 Å². The summed E-state index contributed by atoms with van der Waals surface area (Å²) in [6, 6.07) is 18.7. The molecule has 2 aromatic rings. The Labute approximate surface area is 226 Å². The van der Waals surface area contributed by atoms with Crippen molar-refractivity contribution in [3.8, 4) is 6.07 Å². The number of morpholine rings is 1. The quantitative estimate of drug-likeness (QED) is 0.420. The van der Waals surface area contributed by atoms with Crippen LogP contribution in [-0.2, 0) is 14.3 Å². The molecule has 1 amide bonds. The number of hydrogen-bond acceptors (Lipinski definition) is 5. The van der Waals surface area contributed by atoms with Crippen LogP contribution in [0.15, 0.2) is 54.6 Å². The van der Waals surface area contributed by atoms with Gasteiger partial charge >= 0.3 is 5.97 Å². The van der Waals surface area contributed by atoms with Gasteiger partial charge in [-0.2, -0.15) is 5.26 Å². The van der Waals surface area contributed by atoms with Crippen LogP contribution in [0.4, 0.5) is 0 Å². The van der Waals surface area contributed by atoms with Crippen LogP contribution in [0.25, 0.3) is 0 Å². The van der Waals surface area contributed by atoms with Gasteiger partial charge in [0.15, 0.2) is 0 Å². The molecular weight excluding hydrogens is 519 g/mol. The number of amides is 1. The minimum atomic E-state index is -1.06. The summed E-state index contributed by atoms with van der Waals surface area (Å²) in [5.41, 5.74) is 0.909. The molecule has 1 heterocycles. The molecule has 0 bridgehead atoms. The molecule has 3 unspecified atom stereocenters. The van der Waals surface area contributed by atoms with Crippen LogP contribution < -0.4 is 0 Å². The van der Waals surface area contributed by atoms with E-state index in [4.69, 9.17) is 27.9 Å². The van der Waals surface area contributed by atoms with E-state index in [1.807, 2.05) is 61.2 Å². The molecule has 1 saturated heterocycles. The maximum absolute atomic E-state index is 13.3. The summed E-state index contributed by atoms with van der Waals surface area (Å²) < 4.78 is 5.12. The van der Waals surface area contributed by atoms with Gasteiger partial charge in [0.2, 0.25) is 0 Å². The highest BCUT2D eigenvalue weighted by atomic mass is 35.5. The van der Waals surface area contributed by atoms with Crippen LogP contribution in [-0.4, -0.2) is 51.1 Å². The standard InChI is InChI=1S/C21H25ClN2O4S.C6H5Cl/c1-21(2,12-23)29-11-17(14-3-4-14)24-16(13-5-7-15(22)8-6-13)10-28-18(20(24)27)9-19(25)26;7-6-4-2-1-3-5-6/h5-8,14,16-18H,3-4,9-11H2,1-2H3,(H,25,26);1-5H. The van der Waals surface area contributed by atoms with Crippen LogP contribution in [0, 0.1) is 17.2 Å². The number of carbonyl (C=O) groups excluding carboxylic acids is 1. The van der Waals surface area contributed by atoms with Crippen molar-refractivity contribution in [3.63, 3.8) is 0 Å². The minimum absolute atomic E-state index is 0.0685. The van der Waals surface area contributed by atoms with E-state index in [-0.39, 0.29) is 31.0 Å². The lowest BCUT2D eigenvalue weighted by Crippen LogP contribution is -2.55. The van der Waals surface area contributed by atoms with Crippen molar-refractivity contribution >= 4 is 46.8 Å². The molecule has 1 aliphatic heterocycles. The first-order valence-corrected chi connectivity index (χ1v) is 13.5. The summed E-state index contributed by atoms with van der Waals surface area (Å²) in [6.07, 6.45) is 0.725. The Morgan fingerprint density at radius 1 is 1.17 bits per heavy atom. The van der Waals surface area contributed by atoms with Crippen molar-refractivity contribution in [1.29, 1.82) is 5.26 Å². The zero-order valence-corrected chi connectivity index (χ0v) is 22.6. The van der Waals surface area contributed by atoms with E-state index in [2.05, 4.69) is 6.07 Å². The van der Waals surface area contributed by atoms with Crippen molar-refractivity contribution < 1.29 is 19.4 Å². The van der Waals surface area contributed by atoms with Gasteiger partial charge in [-0.1, -0.05) is 53.5 Å². The molecule has 3 atom stereocenters. The molecule has 1 N–H and O–H groups in total. The number of thioether (sulfide) groups is 1. The first kappa shape index (κ1) is 28.3. The monoisotopic (exact) mass is 548 g/mol. The molecule has 2 fully saturated rings. The minimum Gasteiger partial charge on any atom is -0.481 e. The van der Waals surface area contributed by atoms with E-state index >= 15 is 0 Å². The normalized spacial score (nSPS) is 20.6. The Morgan fingerprint density at radius 3 is 2.28 bits per heavy atom. The van der Waals surface area contributed by atoms with Crippen LogP contribution in [0.2, 0.25) is 10.0 Å². The lowest BCUT2D eigenvalue weighted by atomic mass is 9.98. The van der Waals surface area contributed by atoms with E-state index in [1.54, 1.807) is 12.1 Å². The molecule has 0 aromatic heterocycles. The summed E-state index contributed by atoms with van der Waals surface area (Å²) in [4.78, 5) is 26.4. The molecule has 9 heteroatoms. The Hall–Kier alpha value is -2.24. The molecule has 0 radical (unpaired) electrons. The number of ether oxygens (including phenoxy) is 1. The van der Waals surface area contributed by atoms with Crippen LogP contribution >= 0.6 is 35.0 Å². The van der Waals surface area contributed by atoms with E-state index in [0.717, 1.165) is 23.4 Å². The highest BCUT2D eigenvalue weighted by molar-refractivity contribution is 8.00. The zero-order chi connectivity index (χ0) is 26.3. The highest BCUT2D eigenvalue weighted by Crippen LogP contribution is 2.43. The fourth-order valence-electron chi connectivity index (χ4n) is 3.99. The number of carbonyl (C=O) groups is 2. The maximum Gasteiger partial charge on any atom is 0.306 e. The van der Waals surface area contributed by atoms with Gasteiger partial charge in [0.05, 0.1) is 29.9 Å². The van der Waals surface area contributed by atoms with Crippen molar-refractivity contribution in [2.75, 3.05) is 12.4 Å². The van der Waals surface area contributed by atoms with Gasteiger partial charge in [-0.25, -0.2) is 0 Å². The summed E-state index contributed by atoms with van der Waals surface area (Å²) in [5, 5.41) is 20.0. The lowest BCUT2D eigenvalue weighted by molar-refractivity contribution is -0.169. The van der Waals surface area contributed by atoms with Crippen molar-refractivity contribution in [2.24, 2.45) is 5.92 Å². The van der Waals surface area contributed by atoms with Crippen molar-refractivity contribution in [1.82, 2.24) is 4.90 Å². The fraction of sp³-hybridized carbons (Fsp3) is 0.444. The molecule has 192 valence electrons. The predicted octanol–water partition coefficient (Wildman–Crippen LogP) is 6.24. The van der Waals surface area contributed by atoms with Crippen molar-refractivity contribution in [3.05, 3.63) is 70.2 Å². The van der Waals surface area contributed by atoms with Gasteiger partial charge in [0.1, 0.15) is 6.10 Å². The Bertz CT molecular complexity index is 1070. The number of carboxylic acids is 1. The third kappa shape index (κ3) is 8.14. The Kier molecular flexibility index (Phi) is 10.1. The highest BCUT2D eigenvalue weighted by Gasteiger charge is 2.46. The number of rotatable bonds is 8. The lowest BCUT2D eigenvalue weighted by Gasteiger charge is -2.44. The molecule has 1 aliphatic carbocycles. The Morgan fingerprint density at radius 2 is 1.78 bits per heavy atom. The molecule has 6 nitrogen and oxygen atoms in total. The number of hydrogen-bond donors (Lipinski definition) is 1. The first-order chi connectivity index (χ1) is 17.1. The number of aliphatic carboxylic acids is 1. The first-order valence-electron chi connectivity index (χ1n) is 11.8. The second-order valence-electron chi connectivity index (χ2n) is 9.37. The number of nitriles is 1. The maximum atomic E-state index is 13.3. The topological polar surface area (TPSA) is 90.6 Å². The SMILES string of the molecule is CC(C)(C#N)SCC(C1CC1)N1C(=O)C(CC(=O)O)OCC1c1ccc(Cl)cc1.Clc1ccccc1. The smallest absolute Gasteiger partial charge is 0.306 e. The second-order valence-corrected chi connectivity index (χ2v) is 11.9. The average Bonchev–Trinajstić information content (AvgIpc) is 3.68. The van der Waals surface area contributed by atoms with Crippen LogP contribution in [0.3, 0.4) is 0 Å². The number of halogens is 2. The summed E-state index contributed by atoms with van der Waals surface area (Å²) >= 11 is 13.1. The van der Waals surface area contributed by atoms with Gasteiger partial charge in [0.25, 0.3) is 5.91 Å². The number of benzene rings is 2. The van der Waals surface area contributed by atoms with Gasteiger partial charge in [-0.15, -0.1) is 11.8 Å². The molecule has 2 aromatic carbocycles. The van der Waals surface area contributed by atoms with E-state index < -0.39 is 16.8 Å². The third-order valence-electron chi connectivity index (χ3n) is 6.08. The third-order valence-corrected chi connectivity index (χ3v) is 7.90. The predicted molar refractivity (Wildman–Crippen MR) is 143 cm³/mol. The average molecular weight is 550 g/mol. The molecule has 0 spiro atoms. The van der Waals surface area contributed by atoms with Gasteiger partial charge in [-0.05, 0) is 62.4 Å². The van der Waals surface area contributed by atoms with E-state index in [9.17, 15) is 20.0 Å². The fourth-order valence-corrected chi connectivity index (χ4v) is 5.34. The largest absolute Gasteiger partial charge is 0.481 e. The summed E-state index contributed by atoms with van der Waals surface area (Å²) in [5.74, 6) is -0.359. The molecule has 1 saturated carbocycles. The zero-order valence-electron chi connectivity index (χ0n) is 20.3. The van der Waals surface area contributed by atoms with Crippen LogP contribution in [0.1, 0.15) is 44.7 Å². The second kappa shape index (κ2) is 12.8. The summed E-state index contributed by atoms with van der Waals surface area (Å²) in [7, 11) is 0. The summed E-state index contributed by atoms with van der Waals surface area (Å²) in [6.45, 7) is 3.97. The molecule has 2 aliphatic rings. The molecule has 4 rings (SSSR count). The number of nitrogens with zero attached hydrogens (tertiary/aromatic N) is 2. The van der Waals surface area contributed by atoms with Gasteiger partial charge in [0, 0.05) is 21.8 Å². The van der Waals surface area contributed by atoms with Crippen LogP contribution in [0.5, 0.6) is 0 Å². The molecule has 36 heavy (non-hydrogen) atoms. The van der Waals surface area contributed by atoms with Crippen molar-refractivity contribution in [2.45, 2.75) is 56.0 Å². The van der Waals surface area contributed by atoms with E-state index in [1.165, 1.54) is 11.8 Å². The van der Waals surface area contributed by atoms with E-state index in [0.29, 0.717) is 16.7 Å². The molecular formula is C27H30Cl2N2O4S. The Balaban J connectivity index is 0.000000444.